The van der Waals surface area contributed by atoms with Crippen LogP contribution in [-0.2, 0) is 14.3 Å². The number of hydrogen-bond acceptors (Lipinski definition) is 5. The summed E-state index contributed by atoms with van der Waals surface area (Å²) in [4.78, 5) is 24.9. The SMILES string of the molecule is CCSCC(=O)C(=Cc1ccccc1SC)C(=O)OC. The molecule has 0 N–H and O–H groups in total. The maximum absolute atomic E-state index is 12.1. The Kier molecular flexibility index (Phi) is 7.47. The molecule has 0 radical (unpaired) electrons. The molecular formula is C15H18O3S2. The Morgan fingerprint density at radius 3 is 2.60 bits per heavy atom. The first-order valence-corrected chi connectivity index (χ1v) is 8.56. The molecule has 0 spiro atoms. The summed E-state index contributed by atoms with van der Waals surface area (Å²) in [7, 11) is 1.29. The highest BCUT2D eigenvalue weighted by Crippen LogP contribution is 2.23. The van der Waals surface area contributed by atoms with Crippen LogP contribution in [0.5, 0.6) is 0 Å². The molecule has 0 fully saturated rings. The summed E-state index contributed by atoms with van der Waals surface area (Å²) in [5.41, 5.74) is 0.963. The molecule has 0 aliphatic heterocycles. The van der Waals surface area contributed by atoms with Crippen molar-refractivity contribution in [3.05, 3.63) is 35.4 Å². The summed E-state index contributed by atoms with van der Waals surface area (Å²) < 4.78 is 4.72. The lowest BCUT2D eigenvalue weighted by Gasteiger charge is -2.07. The Bertz CT molecular complexity index is 510. The molecule has 0 aromatic heterocycles. The number of carbonyl (C=O) groups is 2. The molecule has 0 aliphatic carbocycles. The molecule has 0 bridgehead atoms. The van der Waals surface area contributed by atoms with Gasteiger partial charge in [0, 0.05) is 4.90 Å². The van der Waals surface area contributed by atoms with Crippen molar-refractivity contribution in [2.45, 2.75) is 11.8 Å². The van der Waals surface area contributed by atoms with Crippen molar-refractivity contribution in [1.82, 2.24) is 0 Å². The van der Waals surface area contributed by atoms with E-state index in [0.29, 0.717) is 5.75 Å². The van der Waals surface area contributed by atoms with Crippen LogP contribution in [0.4, 0.5) is 0 Å². The molecule has 0 atom stereocenters. The zero-order valence-corrected chi connectivity index (χ0v) is 13.5. The molecule has 108 valence electrons. The van der Waals surface area contributed by atoms with Gasteiger partial charge in [0.1, 0.15) is 5.57 Å². The Morgan fingerprint density at radius 2 is 2.00 bits per heavy atom. The molecule has 0 saturated heterocycles. The molecular weight excluding hydrogens is 292 g/mol. The number of Topliss-reactive ketones (excluding diaryl/α,β-unsaturated/α-hetero) is 1. The molecule has 3 nitrogen and oxygen atoms in total. The van der Waals surface area contributed by atoms with Gasteiger partial charge in [-0.2, -0.15) is 11.8 Å². The van der Waals surface area contributed by atoms with Gasteiger partial charge in [-0.1, -0.05) is 25.1 Å². The van der Waals surface area contributed by atoms with Crippen LogP contribution in [0.25, 0.3) is 6.08 Å². The van der Waals surface area contributed by atoms with Gasteiger partial charge in [0.15, 0.2) is 5.78 Å². The molecule has 0 unspecified atom stereocenters. The zero-order chi connectivity index (χ0) is 15.0. The molecule has 1 rings (SSSR count). The van der Waals surface area contributed by atoms with E-state index in [2.05, 4.69) is 0 Å². The topological polar surface area (TPSA) is 43.4 Å². The van der Waals surface area contributed by atoms with Gasteiger partial charge in [-0.05, 0) is 29.7 Å². The summed E-state index contributed by atoms with van der Waals surface area (Å²) >= 11 is 3.06. The molecule has 0 heterocycles. The van der Waals surface area contributed by atoms with E-state index >= 15 is 0 Å². The first-order chi connectivity index (χ1) is 9.63. The second kappa shape index (κ2) is 8.87. The minimum absolute atomic E-state index is 0.106. The van der Waals surface area contributed by atoms with E-state index in [4.69, 9.17) is 4.74 Å². The monoisotopic (exact) mass is 310 g/mol. The summed E-state index contributed by atoms with van der Waals surface area (Å²) in [5, 5.41) is 0. The molecule has 0 amide bonds. The fraction of sp³-hybridized carbons (Fsp3) is 0.333. The third-order valence-corrected chi connectivity index (χ3v) is 4.27. The number of benzene rings is 1. The van der Waals surface area contributed by atoms with Crippen LogP contribution >= 0.6 is 23.5 Å². The molecule has 1 aromatic rings. The van der Waals surface area contributed by atoms with Crippen molar-refractivity contribution in [3.63, 3.8) is 0 Å². The lowest BCUT2D eigenvalue weighted by molar-refractivity contribution is -0.137. The van der Waals surface area contributed by atoms with Gasteiger partial charge in [0.05, 0.1) is 12.9 Å². The maximum Gasteiger partial charge on any atom is 0.341 e. The standard InChI is InChI=1S/C15H18O3S2/c1-4-20-10-13(16)12(15(17)18-2)9-11-7-5-6-8-14(11)19-3/h5-9H,4,10H2,1-3H3. The lowest BCUT2D eigenvalue weighted by atomic mass is 10.1. The number of thioether (sulfide) groups is 2. The summed E-state index contributed by atoms with van der Waals surface area (Å²) in [6.07, 6.45) is 3.58. The van der Waals surface area contributed by atoms with Gasteiger partial charge in [0.25, 0.3) is 0 Å². The van der Waals surface area contributed by atoms with E-state index in [1.807, 2.05) is 37.4 Å². The van der Waals surface area contributed by atoms with Crippen molar-refractivity contribution < 1.29 is 14.3 Å². The third kappa shape index (κ3) is 4.72. The first-order valence-electron chi connectivity index (χ1n) is 6.18. The molecule has 0 saturated carbocycles. The highest BCUT2D eigenvalue weighted by Gasteiger charge is 2.19. The zero-order valence-electron chi connectivity index (χ0n) is 11.8. The van der Waals surface area contributed by atoms with Crippen LogP contribution in [0.1, 0.15) is 12.5 Å². The van der Waals surface area contributed by atoms with E-state index in [0.717, 1.165) is 16.2 Å². The van der Waals surface area contributed by atoms with Crippen molar-refractivity contribution in [2.75, 3.05) is 24.9 Å². The Hall–Kier alpha value is -1.20. The number of ether oxygens (including phenoxy) is 1. The maximum atomic E-state index is 12.1. The molecule has 1 aromatic carbocycles. The third-order valence-electron chi connectivity index (χ3n) is 2.58. The Balaban J connectivity index is 3.12. The van der Waals surface area contributed by atoms with Gasteiger partial charge in [-0.15, -0.1) is 11.8 Å². The minimum atomic E-state index is -0.581. The largest absolute Gasteiger partial charge is 0.465 e. The number of rotatable bonds is 7. The van der Waals surface area contributed by atoms with Gasteiger partial charge in [-0.25, -0.2) is 4.79 Å². The molecule has 5 heteroatoms. The van der Waals surface area contributed by atoms with Crippen LogP contribution in [0.3, 0.4) is 0 Å². The quantitative estimate of drug-likeness (QED) is 0.254. The van der Waals surface area contributed by atoms with E-state index in [-0.39, 0.29) is 11.4 Å². The number of esters is 1. The molecule has 20 heavy (non-hydrogen) atoms. The number of hydrogen-bond donors (Lipinski definition) is 0. The van der Waals surface area contributed by atoms with Crippen LogP contribution in [0, 0.1) is 0 Å². The highest BCUT2D eigenvalue weighted by molar-refractivity contribution is 8.00. The summed E-state index contributed by atoms with van der Waals surface area (Å²) in [6.45, 7) is 1.97. The number of ketones is 1. The lowest BCUT2D eigenvalue weighted by Crippen LogP contribution is -2.16. The minimum Gasteiger partial charge on any atom is -0.465 e. The van der Waals surface area contributed by atoms with Crippen molar-refractivity contribution in [2.24, 2.45) is 0 Å². The Morgan fingerprint density at radius 1 is 1.30 bits per heavy atom. The summed E-state index contributed by atoms with van der Waals surface area (Å²) in [6, 6.07) is 7.65. The first kappa shape index (κ1) is 16.9. The summed E-state index contributed by atoms with van der Waals surface area (Å²) in [5.74, 6) is 0.350. The van der Waals surface area contributed by atoms with Crippen LogP contribution in [0.2, 0.25) is 0 Å². The van der Waals surface area contributed by atoms with Gasteiger partial charge >= 0.3 is 5.97 Å². The van der Waals surface area contributed by atoms with Gasteiger partial charge < -0.3 is 4.74 Å². The van der Waals surface area contributed by atoms with E-state index in [1.54, 1.807) is 17.8 Å². The highest BCUT2D eigenvalue weighted by atomic mass is 32.2. The normalized spacial score (nSPS) is 11.2. The van der Waals surface area contributed by atoms with Crippen LogP contribution in [-0.4, -0.2) is 36.6 Å². The number of carbonyl (C=O) groups excluding carboxylic acids is 2. The smallest absolute Gasteiger partial charge is 0.341 e. The number of methoxy groups -OCH3 is 1. The molecule has 0 aliphatic rings. The predicted octanol–water partition coefficient (Wildman–Crippen LogP) is 3.29. The van der Waals surface area contributed by atoms with Gasteiger partial charge in [-0.3, -0.25) is 4.79 Å². The van der Waals surface area contributed by atoms with Crippen molar-refractivity contribution >= 4 is 41.4 Å². The average Bonchev–Trinajstić information content (AvgIpc) is 2.49. The van der Waals surface area contributed by atoms with E-state index in [9.17, 15) is 9.59 Å². The van der Waals surface area contributed by atoms with Crippen molar-refractivity contribution in [3.8, 4) is 0 Å². The fourth-order valence-corrected chi connectivity index (χ4v) is 2.70. The van der Waals surface area contributed by atoms with Crippen LogP contribution < -0.4 is 0 Å². The van der Waals surface area contributed by atoms with E-state index in [1.165, 1.54) is 18.9 Å². The average molecular weight is 310 g/mol. The Labute approximate surface area is 128 Å². The van der Waals surface area contributed by atoms with Gasteiger partial charge in [0.2, 0.25) is 0 Å². The second-order valence-corrected chi connectivity index (χ2v) is 5.97. The van der Waals surface area contributed by atoms with E-state index < -0.39 is 5.97 Å². The fourth-order valence-electron chi connectivity index (χ4n) is 1.58. The predicted molar refractivity (Wildman–Crippen MR) is 86.2 cm³/mol. The van der Waals surface area contributed by atoms with Crippen molar-refractivity contribution in [1.29, 1.82) is 0 Å². The second-order valence-electron chi connectivity index (χ2n) is 3.85. The van der Waals surface area contributed by atoms with Crippen LogP contribution in [0.15, 0.2) is 34.7 Å².